The molecule has 2 aromatic rings. The molecule has 4 rings (SSSR count). The summed E-state index contributed by atoms with van der Waals surface area (Å²) in [5, 5.41) is 5.77. The van der Waals surface area contributed by atoms with Crippen LogP contribution in [-0.4, -0.2) is 49.4 Å². The lowest BCUT2D eigenvalue weighted by atomic mass is 10.0. The molecule has 3 heterocycles. The van der Waals surface area contributed by atoms with Crippen LogP contribution in [0.5, 0.6) is 0 Å². The van der Waals surface area contributed by atoms with Crippen molar-refractivity contribution in [2.75, 3.05) is 41.8 Å². The minimum Gasteiger partial charge on any atom is -0.381 e. The lowest BCUT2D eigenvalue weighted by Gasteiger charge is -2.29. The van der Waals surface area contributed by atoms with Crippen molar-refractivity contribution < 1.29 is 31.5 Å². The average molecular weight is 529 g/mol. The van der Waals surface area contributed by atoms with Crippen LogP contribution < -0.4 is 15.5 Å². The third-order valence-corrected chi connectivity index (χ3v) is 6.25. The lowest BCUT2D eigenvalue weighted by molar-refractivity contribution is -0.146. The first-order valence-electron chi connectivity index (χ1n) is 12.6. The first-order valence-corrected chi connectivity index (χ1v) is 12.6. The molecule has 11 heteroatoms. The zero-order valence-electron chi connectivity index (χ0n) is 21.0. The molecule has 2 N–H and O–H groups in total. The van der Waals surface area contributed by atoms with Crippen LogP contribution in [0.1, 0.15) is 45.1 Å². The standard InChI is InChI=1S/C24H27F5N4O2.C2H6/c25-17-10-16(11-18(26)13-17)12-22(34)31-19-3-4-21(30-14-15-5-8-35-9-6-15)32-23(19)33-7-1-2-20(33)24(27,28)29;1-2/h3-4,10-11,13,15,20H,1-2,5-9,12,14H2,(H,30,32)(H,31,34);1-2H3. The van der Waals surface area contributed by atoms with Gasteiger partial charge in [0.1, 0.15) is 23.5 Å². The van der Waals surface area contributed by atoms with E-state index in [1.54, 1.807) is 6.07 Å². The molecule has 0 aliphatic carbocycles. The van der Waals surface area contributed by atoms with Crippen molar-refractivity contribution in [1.29, 1.82) is 0 Å². The van der Waals surface area contributed by atoms with E-state index < -0.39 is 29.8 Å². The number of ether oxygens (including phenoxy) is 1. The van der Waals surface area contributed by atoms with Crippen LogP contribution in [0.2, 0.25) is 0 Å². The fourth-order valence-electron chi connectivity index (χ4n) is 4.52. The molecule has 2 aliphatic rings. The summed E-state index contributed by atoms with van der Waals surface area (Å²) < 4.78 is 73.4. The van der Waals surface area contributed by atoms with Crippen molar-refractivity contribution in [3.63, 3.8) is 0 Å². The Labute approximate surface area is 213 Å². The molecular formula is C26H33F5N4O2. The first kappa shape index (κ1) is 28.6. The molecule has 1 amide bonds. The second-order valence-electron chi connectivity index (χ2n) is 8.90. The van der Waals surface area contributed by atoms with E-state index in [0.29, 0.717) is 44.0 Å². The Hall–Kier alpha value is -2.95. The number of hydrogen-bond acceptors (Lipinski definition) is 5. The Morgan fingerprint density at radius 3 is 2.41 bits per heavy atom. The normalized spacial score (nSPS) is 18.2. The third kappa shape index (κ3) is 8.02. The first-order chi connectivity index (χ1) is 17.7. The minimum absolute atomic E-state index is 0.0144. The number of pyridine rings is 1. The van der Waals surface area contributed by atoms with E-state index in [9.17, 15) is 26.7 Å². The van der Waals surface area contributed by atoms with E-state index in [1.807, 2.05) is 13.8 Å². The summed E-state index contributed by atoms with van der Waals surface area (Å²) >= 11 is 0. The van der Waals surface area contributed by atoms with Gasteiger partial charge in [0.05, 0.1) is 12.1 Å². The zero-order valence-corrected chi connectivity index (χ0v) is 21.0. The summed E-state index contributed by atoms with van der Waals surface area (Å²) in [4.78, 5) is 18.2. The third-order valence-electron chi connectivity index (χ3n) is 6.25. The monoisotopic (exact) mass is 528 g/mol. The number of nitrogens with zero attached hydrogens (tertiary/aromatic N) is 2. The number of alkyl halides is 3. The van der Waals surface area contributed by atoms with Crippen molar-refractivity contribution in [3.8, 4) is 0 Å². The average Bonchev–Trinajstić information content (AvgIpc) is 3.35. The van der Waals surface area contributed by atoms with Crippen LogP contribution >= 0.6 is 0 Å². The molecule has 2 fully saturated rings. The summed E-state index contributed by atoms with van der Waals surface area (Å²) in [6.07, 6.45) is -2.76. The zero-order chi connectivity index (χ0) is 27.0. The fraction of sp³-hybridized carbons (Fsp3) is 0.538. The Morgan fingerprint density at radius 1 is 1.08 bits per heavy atom. The van der Waals surface area contributed by atoms with Crippen LogP contribution in [0.25, 0.3) is 0 Å². The molecule has 1 unspecified atom stereocenters. The summed E-state index contributed by atoms with van der Waals surface area (Å²) in [5.74, 6) is -1.47. The topological polar surface area (TPSA) is 66.5 Å². The number of halogens is 5. The highest BCUT2D eigenvalue weighted by atomic mass is 19.4. The van der Waals surface area contributed by atoms with Crippen LogP contribution in [0.4, 0.5) is 39.3 Å². The van der Waals surface area contributed by atoms with Gasteiger partial charge in [0.2, 0.25) is 5.91 Å². The Balaban J connectivity index is 0.00000186. The highest BCUT2D eigenvalue weighted by Gasteiger charge is 2.47. The molecule has 0 spiro atoms. The summed E-state index contributed by atoms with van der Waals surface area (Å²) in [6.45, 7) is 6.09. The van der Waals surface area contributed by atoms with Crippen molar-refractivity contribution in [3.05, 3.63) is 47.5 Å². The van der Waals surface area contributed by atoms with E-state index in [4.69, 9.17) is 4.74 Å². The van der Waals surface area contributed by atoms with Gasteiger partial charge in [-0.15, -0.1) is 0 Å². The van der Waals surface area contributed by atoms with Gasteiger partial charge in [-0.25, -0.2) is 13.8 Å². The number of aromatic nitrogens is 1. The van der Waals surface area contributed by atoms with Gasteiger partial charge in [0, 0.05) is 32.4 Å². The predicted molar refractivity (Wildman–Crippen MR) is 133 cm³/mol. The van der Waals surface area contributed by atoms with E-state index in [2.05, 4.69) is 15.6 Å². The van der Waals surface area contributed by atoms with Crippen molar-refractivity contribution in [2.24, 2.45) is 5.92 Å². The summed E-state index contributed by atoms with van der Waals surface area (Å²) in [7, 11) is 0. The molecule has 1 aromatic carbocycles. The minimum atomic E-state index is -4.45. The molecule has 37 heavy (non-hydrogen) atoms. The van der Waals surface area contributed by atoms with Crippen molar-refractivity contribution in [1.82, 2.24) is 4.98 Å². The van der Waals surface area contributed by atoms with E-state index in [-0.39, 0.29) is 36.5 Å². The Kier molecular flexibility index (Phi) is 10.1. The summed E-state index contributed by atoms with van der Waals surface area (Å²) in [5.41, 5.74) is 0.221. The molecule has 1 aromatic heterocycles. The number of hydrogen-bond donors (Lipinski definition) is 2. The fourth-order valence-corrected chi connectivity index (χ4v) is 4.52. The van der Waals surface area contributed by atoms with Crippen LogP contribution in [0.15, 0.2) is 30.3 Å². The number of nitrogens with one attached hydrogen (secondary N) is 2. The molecule has 1 atom stereocenters. The van der Waals surface area contributed by atoms with Crippen LogP contribution in [0, 0.1) is 17.6 Å². The number of rotatable bonds is 7. The maximum Gasteiger partial charge on any atom is 0.408 e. The van der Waals surface area contributed by atoms with Gasteiger partial charge in [-0.1, -0.05) is 13.8 Å². The molecule has 6 nitrogen and oxygen atoms in total. The van der Waals surface area contributed by atoms with E-state index >= 15 is 0 Å². The van der Waals surface area contributed by atoms with Gasteiger partial charge >= 0.3 is 6.18 Å². The molecule has 0 bridgehead atoms. The highest BCUT2D eigenvalue weighted by Crippen LogP contribution is 2.38. The molecule has 0 radical (unpaired) electrons. The molecule has 2 aliphatic heterocycles. The number of amides is 1. The SMILES string of the molecule is CC.O=C(Cc1cc(F)cc(F)c1)Nc1ccc(NCC2CCOCC2)nc1N1CCCC1C(F)(F)F. The van der Waals surface area contributed by atoms with Crippen LogP contribution in [-0.2, 0) is 16.0 Å². The highest BCUT2D eigenvalue weighted by molar-refractivity contribution is 5.95. The predicted octanol–water partition coefficient (Wildman–Crippen LogP) is 5.94. The van der Waals surface area contributed by atoms with Crippen LogP contribution in [0.3, 0.4) is 0 Å². The Bertz CT molecular complexity index is 1020. The smallest absolute Gasteiger partial charge is 0.381 e. The number of carbonyl (C=O) groups excluding carboxylic acids is 1. The van der Waals surface area contributed by atoms with Crippen molar-refractivity contribution in [2.45, 2.75) is 58.2 Å². The number of anilines is 3. The van der Waals surface area contributed by atoms with Gasteiger partial charge < -0.3 is 20.3 Å². The lowest BCUT2D eigenvalue weighted by Crippen LogP contribution is -2.42. The van der Waals surface area contributed by atoms with E-state index in [0.717, 1.165) is 29.9 Å². The van der Waals surface area contributed by atoms with Gasteiger partial charge in [-0.05, 0) is 61.4 Å². The quantitative estimate of drug-likeness (QED) is 0.436. The van der Waals surface area contributed by atoms with Gasteiger partial charge in [-0.2, -0.15) is 13.2 Å². The van der Waals surface area contributed by atoms with Gasteiger partial charge in [0.15, 0.2) is 5.82 Å². The Morgan fingerprint density at radius 2 is 1.76 bits per heavy atom. The number of carbonyl (C=O) groups is 1. The van der Waals surface area contributed by atoms with Crippen molar-refractivity contribution >= 4 is 23.2 Å². The van der Waals surface area contributed by atoms with Gasteiger partial charge in [-0.3, -0.25) is 4.79 Å². The maximum atomic E-state index is 13.7. The second-order valence-corrected chi connectivity index (χ2v) is 8.90. The maximum absolute atomic E-state index is 13.7. The molecule has 0 saturated carbocycles. The largest absolute Gasteiger partial charge is 0.408 e. The van der Waals surface area contributed by atoms with E-state index in [1.165, 1.54) is 6.07 Å². The molecule has 204 valence electrons. The second kappa shape index (κ2) is 13.0. The van der Waals surface area contributed by atoms with Gasteiger partial charge in [0.25, 0.3) is 0 Å². The molecular weight excluding hydrogens is 495 g/mol. The summed E-state index contributed by atoms with van der Waals surface area (Å²) in [6, 6.07) is 4.15. The molecule has 2 saturated heterocycles. The number of benzene rings is 1.